The number of benzene rings is 1. The Labute approximate surface area is 156 Å². The van der Waals surface area contributed by atoms with Crippen LogP contribution in [0.1, 0.15) is 5.82 Å². The maximum Gasteiger partial charge on any atom is 0.449 e. The van der Waals surface area contributed by atoms with Gasteiger partial charge in [-0.05, 0) is 30.4 Å². The third-order valence-electron chi connectivity index (χ3n) is 3.90. The molecular formula is C18H14F3N3O4. The Kier molecular flexibility index (Phi) is 4.95. The van der Waals surface area contributed by atoms with Crippen LogP contribution in [0, 0.1) is 0 Å². The van der Waals surface area contributed by atoms with Crippen LogP contribution in [0.2, 0.25) is 0 Å². The number of halogens is 3. The van der Waals surface area contributed by atoms with Crippen LogP contribution in [-0.4, -0.2) is 36.1 Å². The van der Waals surface area contributed by atoms with Gasteiger partial charge in [-0.3, -0.25) is 0 Å². The van der Waals surface area contributed by atoms with Gasteiger partial charge in [0.15, 0.2) is 0 Å². The molecule has 0 saturated carbocycles. The smallest absolute Gasteiger partial charge is 0.449 e. The van der Waals surface area contributed by atoms with Gasteiger partial charge in [-0.1, -0.05) is 6.08 Å². The molecule has 146 valence electrons. The van der Waals surface area contributed by atoms with E-state index in [9.17, 15) is 22.8 Å². The standard InChI is InChI=1S/C18H14F3N3O4/c1-27-15(25)11-5-3-4-8-24(14(11)16(26)28-2)10-6-7-12-13(9-10)23-17(22-12)18(19,20)21/h3-9H,1-2H3,(H,22,23). The summed E-state index contributed by atoms with van der Waals surface area (Å²) in [5, 5.41) is 0. The molecule has 1 aliphatic rings. The maximum absolute atomic E-state index is 12.9. The van der Waals surface area contributed by atoms with E-state index in [2.05, 4.69) is 9.97 Å². The molecule has 1 aliphatic heterocycles. The van der Waals surface area contributed by atoms with Crippen molar-refractivity contribution in [2.24, 2.45) is 0 Å². The molecule has 0 aliphatic carbocycles. The molecule has 1 aromatic heterocycles. The van der Waals surface area contributed by atoms with Gasteiger partial charge in [0.2, 0.25) is 5.82 Å². The number of esters is 2. The van der Waals surface area contributed by atoms with E-state index in [-0.39, 0.29) is 22.3 Å². The first-order chi connectivity index (χ1) is 13.3. The first kappa shape index (κ1) is 19.2. The molecule has 28 heavy (non-hydrogen) atoms. The second kappa shape index (κ2) is 7.22. The van der Waals surface area contributed by atoms with Crippen molar-refractivity contribution in [2.45, 2.75) is 6.18 Å². The van der Waals surface area contributed by atoms with Gasteiger partial charge in [-0.25, -0.2) is 14.6 Å². The van der Waals surface area contributed by atoms with Crippen molar-refractivity contribution in [2.75, 3.05) is 19.1 Å². The van der Waals surface area contributed by atoms with Crippen LogP contribution in [-0.2, 0) is 25.2 Å². The molecule has 0 spiro atoms. The second-order valence-corrected chi connectivity index (χ2v) is 5.60. The molecule has 0 fully saturated rings. The highest BCUT2D eigenvalue weighted by atomic mass is 19.4. The number of methoxy groups -OCH3 is 2. The summed E-state index contributed by atoms with van der Waals surface area (Å²) in [6.07, 6.45) is 1.30. The van der Waals surface area contributed by atoms with Crippen LogP contribution < -0.4 is 4.90 Å². The van der Waals surface area contributed by atoms with Gasteiger partial charge in [0.05, 0.1) is 30.8 Å². The van der Waals surface area contributed by atoms with Crippen molar-refractivity contribution in [3.8, 4) is 0 Å². The quantitative estimate of drug-likeness (QED) is 0.807. The summed E-state index contributed by atoms with van der Waals surface area (Å²) in [5.41, 5.74) is 0.310. The summed E-state index contributed by atoms with van der Waals surface area (Å²) in [5.74, 6) is -2.73. The maximum atomic E-state index is 12.9. The zero-order valence-electron chi connectivity index (χ0n) is 14.7. The Morgan fingerprint density at radius 3 is 2.46 bits per heavy atom. The number of allylic oxidation sites excluding steroid dienone is 2. The molecule has 0 radical (unpaired) electrons. The summed E-state index contributed by atoms with van der Waals surface area (Å²) in [7, 11) is 2.31. The van der Waals surface area contributed by atoms with Crippen molar-refractivity contribution in [1.29, 1.82) is 0 Å². The highest BCUT2D eigenvalue weighted by Gasteiger charge is 2.35. The summed E-state index contributed by atoms with van der Waals surface area (Å²) in [6, 6.07) is 4.22. The Hall–Kier alpha value is -3.56. The van der Waals surface area contributed by atoms with Crippen LogP contribution in [0.5, 0.6) is 0 Å². The molecule has 7 nitrogen and oxygen atoms in total. The van der Waals surface area contributed by atoms with Crippen molar-refractivity contribution in [1.82, 2.24) is 9.97 Å². The van der Waals surface area contributed by atoms with Gasteiger partial charge in [0.25, 0.3) is 0 Å². The number of H-pyrrole nitrogens is 1. The van der Waals surface area contributed by atoms with E-state index in [1.807, 2.05) is 0 Å². The Morgan fingerprint density at radius 1 is 1.11 bits per heavy atom. The zero-order valence-corrected chi connectivity index (χ0v) is 14.7. The van der Waals surface area contributed by atoms with E-state index in [1.54, 1.807) is 6.08 Å². The molecule has 10 heteroatoms. The van der Waals surface area contributed by atoms with Gasteiger partial charge >= 0.3 is 18.1 Å². The number of rotatable bonds is 3. The van der Waals surface area contributed by atoms with Gasteiger partial charge in [-0.2, -0.15) is 13.2 Å². The highest BCUT2D eigenvalue weighted by Crippen LogP contribution is 2.32. The number of alkyl halides is 3. The number of nitrogens with zero attached hydrogens (tertiary/aromatic N) is 2. The third-order valence-corrected chi connectivity index (χ3v) is 3.90. The number of carbonyl (C=O) groups is 2. The Morgan fingerprint density at radius 2 is 1.82 bits per heavy atom. The van der Waals surface area contributed by atoms with E-state index in [0.717, 1.165) is 14.2 Å². The molecule has 0 amide bonds. The van der Waals surface area contributed by atoms with E-state index in [0.29, 0.717) is 5.69 Å². The largest absolute Gasteiger partial charge is 0.465 e. The summed E-state index contributed by atoms with van der Waals surface area (Å²) >= 11 is 0. The van der Waals surface area contributed by atoms with Gasteiger partial charge in [-0.15, -0.1) is 0 Å². The van der Waals surface area contributed by atoms with Crippen molar-refractivity contribution in [3.05, 3.63) is 59.7 Å². The normalized spacial score (nSPS) is 14.4. The molecule has 0 bridgehead atoms. The molecule has 3 rings (SSSR count). The Bertz CT molecular complexity index is 1030. The minimum absolute atomic E-state index is 0.0694. The van der Waals surface area contributed by atoms with Crippen LogP contribution >= 0.6 is 0 Å². The fraction of sp³-hybridized carbons (Fsp3) is 0.167. The van der Waals surface area contributed by atoms with E-state index >= 15 is 0 Å². The summed E-state index contributed by atoms with van der Waals surface area (Å²) < 4.78 is 48.1. The summed E-state index contributed by atoms with van der Waals surface area (Å²) in [4.78, 5) is 31.5. The topological polar surface area (TPSA) is 84.5 Å². The van der Waals surface area contributed by atoms with Crippen molar-refractivity contribution < 1.29 is 32.2 Å². The van der Waals surface area contributed by atoms with E-state index in [1.165, 1.54) is 41.5 Å². The fourth-order valence-electron chi connectivity index (χ4n) is 2.65. The first-order valence-electron chi connectivity index (χ1n) is 7.88. The average Bonchev–Trinajstić information content (AvgIpc) is 2.98. The number of nitrogens with one attached hydrogen (secondary N) is 1. The van der Waals surface area contributed by atoms with E-state index < -0.39 is 23.9 Å². The van der Waals surface area contributed by atoms with Gasteiger partial charge in [0.1, 0.15) is 5.70 Å². The van der Waals surface area contributed by atoms with Gasteiger partial charge in [0, 0.05) is 11.9 Å². The van der Waals surface area contributed by atoms with Crippen LogP contribution in [0.3, 0.4) is 0 Å². The van der Waals surface area contributed by atoms with Crippen molar-refractivity contribution >= 4 is 28.7 Å². The second-order valence-electron chi connectivity index (χ2n) is 5.60. The predicted octanol–water partition coefficient (Wildman–Crippen LogP) is 3.07. The number of aromatic amines is 1. The molecule has 0 atom stereocenters. The first-order valence-corrected chi connectivity index (χ1v) is 7.88. The minimum Gasteiger partial charge on any atom is -0.465 e. The summed E-state index contributed by atoms with van der Waals surface area (Å²) in [6.45, 7) is 0. The zero-order chi connectivity index (χ0) is 20.5. The highest BCUT2D eigenvalue weighted by molar-refractivity contribution is 6.05. The molecule has 2 aromatic rings. The SMILES string of the molecule is COC(=O)C1=C(C(=O)OC)N(c2ccc3nc(C(F)(F)F)[nH]c3c2)C=CC=C1. The van der Waals surface area contributed by atoms with Crippen molar-refractivity contribution in [3.63, 3.8) is 0 Å². The number of fused-ring (bicyclic) bond motifs is 1. The average molecular weight is 393 g/mol. The van der Waals surface area contributed by atoms with E-state index in [4.69, 9.17) is 9.47 Å². The molecular weight excluding hydrogens is 379 g/mol. The van der Waals surface area contributed by atoms with Crippen LogP contribution in [0.15, 0.2) is 53.9 Å². The Balaban J connectivity index is 2.16. The lowest BCUT2D eigenvalue weighted by molar-refractivity contribution is -0.144. The van der Waals surface area contributed by atoms with Crippen LogP contribution in [0.25, 0.3) is 11.0 Å². The predicted molar refractivity (Wildman–Crippen MR) is 92.9 cm³/mol. The molecule has 0 unspecified atom stereocenters. The monoisotopic (exact) mass is 393 g/mol. The number of carbonyl (C=O) groups excluding carboxylic acids is 2. The third kappa shape index (κ3) is 3.48. The molecule has 1 aromatic carbocycles. The number of ether oxygens (including phenoxy) is 2. The number of anilines is 1. The number of imidazole rings is 1. The number of aromatic nitrogens is 2. The molecule has 2 heterocycles. The van der Waals surface area contributed by atoms with Gasteiger partial charge < -0.3 is 19.4 Å². The minimum atomic E-state index is -4.62. The molecule has 1 N–H and O–H groups in total. The fourth-order valence-corrected chi connectivity index (χ4v) is 2.65. The lowest BCUT2D eigenvalue weighted by Crippen LogP contribution is -2.26. The number of hydrogen-bond donors (Lipinski definition) is 1. The number of hydrogen-bond acceptors (Lipinski definition) is 6. The van der Waals surface area contributed by atoms with Crippen LogP contribution in [0.4, 0.5) is 18.9 Å². The lowest BCUT2D eigenvalue weighted by Gasteiger charge is -2.23. The molecule has 0 saturated heterocycles. The lowest BCUT2D eigenvalue weighted by atomic mass is 10.1.